The molecule has 0 unspecified atom stereocenters. The number of methoxy groups -OCH3 is 3. The summed E-state index contributed by atoms with van der Waals surface area (Å²) in [5, 5.41) is 13.7. The second-order valence-corrected chi connectivity index (χ2v) is 9.00. The van der Waals surface area contributed by atoms with Crippen LogP contribution in [-0.4, -0.2) is 42.9 Å². The molecule has 0 fully saturated rings. The molecule has 10 heteroatoms. The number of rotatable bonds is 8. The lowest BCUT2D eigenvalue weighted by Gasteiger charge is -2.31. The van der Waals surface area contributed by atoms with Crippen molar-refractivity contribution in [1.82, 2.24) is 9.78 Å². The number of hydrogen-bond donors (Lipinski definition) is 3. The van der Waals surface area contributed by atoms with Gasteiger partial charge in [-0.2, -0.15) is 5.10 Å². The molecule has 0 spiro atoms. The highest BCUT2D eigenvalue weighted by Gasteiger charge is 2.37. The SMILES string of the molecule is COc1ccc([C@H]2C(C(=O)Nc3ccccc3OC)=C(C)Nc3c(C(=O)Nc4ccccc4)cnn32)c(OC)c1. The van der Waals surface area contributed by atoms with Gasteiger partial charge < -0.3 is 30.2 Å². The van der Waals surface area contributed by atoms with E-state index in [-0.39, 0.29) is 11.8 Å². The van der Waals surface area contributed by atoms with Gasteiger partial charge in [-0.1, -0.05) is 30.3 Å². The van der Waals surface area contributed by atoms with Crippen LogP contribution < -0.4 is 30.2 Å². The van der Waals surface area contributed by atoms with Crippen molar-refractivity contribution in [3.05, 3.63) is 101 Å². The number of allylic oxidation sites excluding steroid dienone is 1. The monoisotopic (exact) mass is 539 g/mol. The van der Waals surface area contributed by atoms with Gasteiger partial charge in [-0.25, -0.2) is 4.68 Å². The zero-order valence-corrected chi connectivity index (χ0v) is 22.5. The topological polar surface area (TPSA) is 116 Å². The van der Waals surface area contributed by atoms with Gasteiger partial charge in [0, 0.05) is 23.0 Å². The molecule has 2 amide bonds. The number of nitrogens with one attached hydrogen (secondary N) is 3. The minimum absolute atomic E-state index is 0.324. The van der Waals surface area contributed by atoms with Crippen LogP contribution in [0.3, 0.4) is 0 Å². The first kappa shape index (κ1) is 26.4. The van der Waals surface area contributed by atoms with E-state index in [1.807, 2.05) is 36.4 Å². The molecule has 5 rings (SSSR count). The first-order valence-electron chi connectivity index (χ1n) is 12.5. The molecule has 3 N–H and O–H groups in total. The predicted octanol–water partition coefficient (Wildman–Crippen LogP) is 5.09. The molecule has 0 bridgehead atoms. The van der Waals surface area contributed by atoms with Crippen molar-refractivity contribution in [1.29, 1.82) is 0 Å². The standard InChI is InChI=1S/C30H29N5O5/c1-18-26(30(37)34-23-12-8-9-13-24(23)39-3)27(21-15-14-20(38-2)16-25(21)40-4)35-28(32-18)22(17-31-35)29(36)33-19-10-6-5-7-11-19/h5-17,27,32H,1-4H3,(H,33,36)(H,34,37)/t27-/m0/s1. The van der Waals surface area contributed by atoms with Crippen molar-refractivity contribution in [2.75, 3.05) is 37.3 Å². The summed E-state index contributed by atoms with van der Waals surface area (Å²) in [6, 6.07) is 21.0. The number of nitrogens with zero attached hydrogens (tertiary/aromatic N) is 2. The Morgan fingerprint density at radius 2 is 1.57 bits per heavy atom. The number of fused-ring (bicyclic) bond motifs is 1. The lowest BCUT2D eigenvalue weighted by atomic mass is 9.93. The largest absolute Gasteiger partial charge is 0.497 e. The van der Waals surface area contributed by atoms with Crippen LogP contribution in [0.25, 0.3) is 0 Å². The Morgan fingerprint density at radius 3 is 2.30 bits per heavy atom. The highest BCUT2D eigenvalue weighted by atomic mass is 16.5. The van der Waals surface area contributed by atoms with Crippen molar-refractivity contribution in [2.24, 2.45) is 0 Å². The summed E-state index contributed by atoms with van der Waals surface area (Å²) in [7, 11) is 4.66. The zero-order chi connectivity index (χ0) is 28.2. The summed E-state index contributed by atoms with van der Waals surface area (Å²) >= 11 is 0. The molecule has 0 aliphatic carbocycles. The van der Waals surface area contributed by atoms with E-state index in [1.54, 1.807) is 69.3 Å². The van der Waals surface area contributed by atoms with E-state index in [1.165, 1.54) is 6.20 Å². The number of carbonyl (C=O) groups excluding carboxylic acids is 2. The molecule has 0 radical (unpaired) electrons. The maximum atomic E-state index is 13.9. The second-order valence-electron chi connectivity index (χ2n) is 9.00. The number of ether oxygens (including phenoxy) is 3. The van der Waals surface area contributed by atoms with E-state index in [0.29, 0.717) is 56.8 Å². The normalized spacial score (nSPS) is 14.1. The lowest BCUT2D eigenvalue weighted by molar-refractivity contribution is -0.113. The predicted molar refractivity (Wildman–Crippen MR) is 152 cm³/mol. The van der Waals surface area contributed by atoms with Crippen molar-refractivity contribution >= 4 is 29.0 Å². The second kappa shape index (κ2) is 11.2. The minimum atomic E-state index is -0.731. The van der Waals surface area contributed by atoms with Gasteiger partial charge in [0.2, 0.25) is 0 Å². The van der Waals surface area contributed by atoms with Gasteiger partial charge in [0.1, 0.15) is 34.7 Å². The number of para-hydroxylation sites is 3. The molecule has 10 nitrogen and oxygen atoms in total. The fraction of sp³-hybridized carbons (Fsp3) is 0.167. The van der Waals surface area contributed by atoms with Crippen LogP contribution in [0, 0.1) is 0 Å². The Bertz CT molecular complexity index is 1600. The molecule has 1 atom stereocenters. The fourth-order valence-corrected chi connectivity index (χ4v) is 4.70. The Labute approximate surface area is 231 Å². The number of anilines is 3. The summed E-state index contributed by atoms with van der Waals surface area (Å²) < 4.78 is 18.1. The van der Waals surface area contributed by atoms with E-state index in [9.17, 15) is 9.59 Å². The van der Waals surface area contributed by atoms with Gasteiger partial charge in [0.25, 0.3) is 11.8 Å². The van der Waals surface area contributed by atoms with Crippen molar-refractivity contribution in [3.63, 3.8) is 0 Å². The highest BCUT2D eigenvalue weighted by Crippen LogP contribution is 2.42. The number of aromatic nitrogens is 2. The summed E-state index contributed by atoms with van der Waals surface area (Å²) in [4.78, 5) is 27.2. The van der Waals surface area contributed by atoms with Crippen LogP contribution in [0.1, 0.15) is 28.9 Å². The zero-order valence-electron chi connectivity index (χ0n) is 22.5. The van der Waals surface area contributed by atoms with Gasteiger partial charge in [0.05, 0.1) is 38.8 Å². The molecule has 204 valence electrons. The number of hydrogen-bond acceptors (Lipinski definition) is 7. The van der Waals surface area contributed by atoms with Gasteiger partial charge in [-0.3, -0.25) is 9.59 Å². The van der Waals surface area contributed by atoms with Crippen LogP contribution in [0.4, 0.5) is 17.2 Å². The van der Waals surface area contributed by atoms with Crippen molar-refractivity contribution in [3.8, 4) is 17.2 Å². The molecule has 4 aromatic rings. The summed E-state index contributed by atoms with van der Waals surface area (Å²) in [6.45, 7) is 1.79. The van der Waals surface area contributed by atoms with Crippen molar-refractivity contribution < 1.29 is 23.8 Å². The van der Waals surface area contributed by atoms with E-state index in [2.05, 4.69) is 21.0 Å². The maximum Gasteiger partial charge on any atom is 0.261 e. The molecule has 2 heterocycles. The molecule has 0 saturated carbocycles. The minimum Gasteiger partial charge on any atom is -0.497 e. The molecule has 40 heavy (non-hydrogen) atoms. The van der Waals surface area contributed by atoms with E-state index in [4.69, 9.17) is 14.2 Å². The smallest absolute Gasteiger partial charge is 0.261 e. The molecule has 1 aliphatic rings. The number of carbonyl (C=O) groups is 2. The van der Waals surface area contributed by atoms with Crippen LogP contribution in [0.2, 0.25) is 0 Å². The number of amides is 2. The lowest BCUT2D eigenvalue weighted by Crippen LogP contribution is -2.32. The van der Waals surface area contributed by atoms with Crippen LogP contribution in [0.5, 0.6) is 17.2 Å². The van der Waals surface area contributed by atoms with Gasteiger partial charge >= 0.3 is 0 Å². The summed E-state index contributed by atoms with van der Waals surface area (Å²) in [5.41, 5.74) is 3.10. The Morgan fingerprint density at radius 1 is 0.850 bits per heavy atom. The van der Waals surface area contributed by atoms with Crippen LogP contribution in [-0.2, 0) is 4.79 Å². The molecule has 3 aromatic carbocycles. The van der Waals surface area contributed by atoms with Gasteiger partial charge in [0.15, 0.2) is 0 Å². The first-order valence-corrected chi connectivity index (χ1v) is 12.5. The molecular weight excluding hydrogens is 510 g/mol. The van der Waals surface area contributed by atoms with E-state index < -0.39 is 6.04 Å². The molecule has 1 aromatic heterocycles. The third kappa shape index (κ3) is 4.94. The van der Waals surface area contributed by atoms with E-state index >= 15 is 0 Å². The van der Waals surface area contributed by atoms with Gasteiger partial charge in [-0.15, -0.1) is 0 Å². The summed E-state index contributed by atoms with van der Waals surface area (Å²) in [6.07, 6.45) is 1.48. The Hall–Kier alpha value is -5.25. The third-order valence-corrected chi connectivity index (χ3v) is 6.63. The Kier molecular flexibility index (Phi) is 7.41. The third-order valence-electron chi connectivity index (χ3n) is 6.63. The highest BCUT2D eigenvalue weighted by molar-refractivity contribution is 6.10. The van der Waals surface area contributed by atoms with E-state index in [0.717, 1.165) is 0 Å². The van der Waals surface area contributed by atoms with Crippen LogP contribution in [0.15, 0.2) is 90.3 Å². The molecule has 1 aliphatic heterocycles. The van der Waals surface area contributed by atoms with Gasteiger partial charge in [-0.05, 0) is 43.3 Å². The van der Waals surface area contributed by atoms with Crippen LogP contribution >= 0.6 is 0 Å². The maximum absolute atomic E-state index is 13.9. The number of benzene rings is 3. The average molecular weight is 540 g/mol. The van der Waals surface area contributed by atoms with Crippen molar-refractivity contribution in [2.45, 2.75) is 13.0 Å². The first-order chi connectivity index (χ1) is 19.4. The summed E-state index contributed by atoms with van der Waals surface area (Å²) in [5.74, 6) is 1.36. The average Bonchev–Trinajstić information content (AvgIpc) is 3.40. The quantitative estimate of drug-likeness (QED) is 0.286. The Balaban J connectivity index is 1.60. The fourth-order valence-electron chi connectivity index (χ4n) is 4.70. The molecule has 0 saturated heterocycles. The molecular formula is C30H29N5O5.